The molecule has 1 unspecified atom stereocenters. The van der Waals surface area contributed by atoms with Crippen LogP contribution in [0.5, 0.6) is 0 Å². The van der Waals surface area contributed by atoms with Gasteiger partial charge in [0.1, 0.15) is 4.83 Å². The van der Waals surface area contributed by atoms with Gasteiger partial charge in [-0.1, -0.05) is 18.2 Å². The fraction of sp³-hybridized carbons (Fsp3) is 0.292. The van der Waals surface area contributed by atoms with E-state index in [4.69, 9.17) is 0 Å². The molecule has 164 valence electrons. The highest BCUT2D eigenvalue weighted by Crippen LogP contribution is 2.33. The van der Waals surface area contributed by atoms with Crippen molar-refractivity contribution in [3.63, 3.8) is 0 Å². The van der Waals surface area contributed by atoms with Crippen molar-refractivity contribution in [3.8, 4) is 0 Å². The zero-order valence-corrected chi connectivity index (χ0v) is 18.2. The molecule has 0 saturated heterocycles. The van der Waals surface area contributed by atoms with Crippen LogP contribution >= 0.6 is 11.3 Å². The fourth-order valence-electron chi connectivity index (χ4n) is 4.25. The lowest BCUT2D eigenvalue weighted by molar-refractivity contribution is 0.445. The van der Waals surface area contributed by atoms with Gasteiger partial charge in [0, 0.05) is 47.9 Å². The molecule has 3 heterocycles. The van der Waals surface area contributed by atoms with Gasteiger partial charge in [-0.15, -0.1) is 11.3 Å². The van der Waals surface area contributed by atoms with Gasteiger partial charge in [0.15, 0.2) is 11.6 Å². The van der Waals surface area contributed by atoms with E-state index in [9.17, 15) is 13.6 Å². The SMILES string of the molecule is O=c1c2c3c(sc2ncn1CCc1ccccn1)CC(NCc1cccc(F)c1F)CC3. The molecule has 1 N–H and O–H groups in total. The highest BCUT2D eigenvalue weighted by atomic mass is 32.1. The number of pyridine rings is 1. The van der Waals surface area contributed by atoms with Crippen molar-refractivity contribution in [2.75, 3.05) is 0 Å². The lowest BCUT2D eigenvalue weighted by atomic mass is 9.93. The number of thiophene rings is 1. The maximum atomic E-state index is 13.9. The van der Waals surface area contributed by atoms with E-state index in [2.05, 4.69) is 15.3 Å². The largest absolute Gasteiger partial charge is 0.309 e. The summed E-state index contributed by atoms with van der Waals surface area (Å²) in [6.45, 7) is 0.805. The van der Waals surface area contributed by atoms with E-state index < -0.39 is 11.6 Å². The standard InChI is InChI=1S/C24H22F2N4OS/c25-19-6-3-4-15(22(19)26)13-28-17-7-8-18-20(12-17)32-23-21(18)24(31)30(14-29-23)11-9-16-5-1-2-10-27-16/h1-6,10,14,17,28H,7-9,11-13H2. The van der Waals surface area contributed by atoms with Gasteiger partial charge < -0.3 is 5.32 Å². The minimum Gasteiger partial charge on any atom is -0.309 e. The van der Waals surface area contributed by atoms with Crippen LogP contribution in [-0.4, -0.2) is 20.6 Å². The Balaban J connectivity index is 1.32. The molecular formula is C24H22F2N4OS. The molecule has 5 nitrogen and oxygen atoms in total. The minimum absolute atomic E-state index is 0.00308. The molecule has 1 atom stereocenters. The monoisotopic (exact) mass is 452 g/mol. The number of fused-ring (bicyclic) bond motifs is 3. The number of halogens is 2. The van der Waals surface area contributed by atoms with Crippen LogP contribution < -0.4 is 10.9 Å². The molecule has 0 radical (unpaired) electrons. The summed E-state index contributed by atoms with van der Waals surface area (Å²) >= 11 is 1.56. The van der Waals surface area contributed by atoms with Crippen LogP contribution in [0.25, 0.3) is 10.2 Å². The molecule has 1 aliphatic rings. The molecule has 0 bridgehead atoms. The summed E-state index contributed by atoms with van der Waals surface area (Å²) < 4.78 is 29.0. The summed E-state index contributed by atoms with van der Waals surface area (Å²) in [5.74, 6) is -1.63. The smallest absolute Gasteiger partial charge is 0.262 e. The van der Waals surface area contributed by atoms with Crippen molar-refractivity contribution in [2.45, 2.75) is 44.8 Å². The number of hydrogen-bond acceptors (Lipinski definition) is 5. The Kier molecular flexibility index (Phi) is 5.80. The van der Waals surface area contributed by atoms with Crippen LogP contribution in [0.3, 0.4) is 0 Å². The molecule has 1 aromatic carbocycles. The average molecular weight is 453 g/mol. The van der Waals surface area contributed by atoms with Gasteiger partial charge in [0.05, 0.1) is 11.7 Å². The molecule has 32 heavy (non-hydrogen) atoms. The molecule has 0 spiro atoms. The first-order valence-electron chi connectivity index (χ1n) is 10.7. The molecule has 1 aliphatic carbocycles. The van der Waals surface area contributed by atoms with Crippen LogP contribution in [0.2, 0.25) is 0 Å². The Morgan fingerprint density at radius 3 is 2.91 bits per heavy atom. The van der Waals surface area contributed by atoms with Crippen LogP contribution in [0, 0.1) is 11.6 Å². The van der Waals surface area contributed by atoms with E-state index in [1.165, 1.54) is 6.07 Å². The van der Waals surface area contributed by atoms with Gasteiger partial charge in [-0.05, 0) is 43.0 Å². The van der Waals surface area contributed by atoms with Crippen LogP contribution in [0.1, 0.15) is 28.1 Å². The Bertz CT molecular complexity index is 1320. The summed E-state index contributed by atoms with van der Waals surface area (Å²) in [6.07, 6.45) is 6.39. The number of aryl methyl sites for hydroxylation is 3. The van der Waals surface area contributed by atoms with Crippen LogP contribution in [0.4, 0.5) is 8.78 Å². The van der Waals surface area contributed by atoms with E-state index in [1.807, 2.05) is 18.2 Å². The summed E-state index contributed by atoms with van der Waals surface area (Å²) in [6, 6.07) is 10.1. The second-order valence-corrected chi connectivity index (χ2v) is 9.12. The first-order chi connectivity index (χ1) is 15.6. The van der Waals surface area contributed by atoms with E-state index in [0.717, 1.165) is 51.7 Å². The first-order valence-corrected chi connectivity index (χ1v) is 11.5. The lowest BCUT2D eigenvalue weighted by Crippen LogP contribution is -2.34. The molecule has 4 aromatic rings. The first kappa shape index (κ1) is 20.9. The zero-order chi connectivity index (χ0) is 22.1. The van der Waals surface area contributed by atoms with Gasteiger partial charge >= 0.3 is 0 Å². The van der Waals surface area contributed by atoms with Crippen molar-refractivity contribution in [2.24, 2.45) is 0 Å². The second kappa shape index (κ2) is 8.88. The molecule has 0 aliphatic heterocycles. The summed E-state index contributed by atoms with van der Waals surface area (Å²) in [5, 5.41) is 4.07. The van der Waals surface area contributed by atoms with E-state index in [1.54, 1.807) is 34.5 Å². The van der Waals surface area contributed by atoms with Gasteiger partial charge in [0.25, 0.3) is 5.56 Å². The van der Waals surface area contributed by atoms with Crippen molar-refractivity contribution in [1.29, 1.82) is 0 Å². The molecule has 8 heteroatoms. The molecular weight excluding hydrogens is 430 g/mol. The molecule has 3 aromatic heterocycles. The fourth-order valence-corrected chi connectivity index (χ4v) is 5.51. The van der Waals surface area contributed by atoms with Gasteiger partial charge in [-0.25, -0.2) is 13.8 Å². The third-order valence-corrected chi connectivity index (χ3v) is 7.15. The molecule has 0 saturated carbocycles. The quantitative estimate of drug-likeness (QED) is 0.480. The van der Waals surface area contributed by atoms with Gasteiger partial charge in [-0.2, -0.15) is 0 Å². The third kappa shape index (κ3) is 4.08. The summed E-state index contributed by atoms with van der Waals surface area (Å²) in [7, 11) is 0. The minimum atomic E-state index is -0.829. The van der Waals surface area contributed by atoms with Crippen molar-refractivity contribution in [1.82, 2.24) is 19.9 Å². The second-order valence-electron chi connectivity index (χ2n) is 8.03. The summed E-state index contributed by atoms with van der Waals surface area (Å²) in [4.78, 5) is 23.9. The Morgan fingerprint density at radius 1 is 1.16 bits per heavy atom. The van der Waals surface area contributed by atoms with Gasteiger partial charge in [0.2, 0.25) is 0 Å². The van der Waals surface area contributed by atoms with Crippen molar-refractivity contribution < 1.29 is 8.78 Å². The number of aromatic nitrogens is 3. The number of nitrogens with zero attached hydrogens (tertiary/aromatic N) is 3. The number of rotatable bonds is 6. The number of nitrogens with one attached hydrogen (secondary N) is 1. The number of benzene rings is 1. The van der Waals surface area contributed by atoms with Crippen LogP contribution in [-0.2, 0) is 32.4 Å². The van der Waals surface area contributed by atoms with Crippen molar-refractivity contribution in [3.05, 3.63) is 92.6 Å². The molecule has 5 rings (SSSR count). The highest BCUT2D eigenvalue weighted by molar-refractivity contribution is 7.18. The Labute approximate surface area is 187 Å². The maximum absolute atomic E-state index is 13.9. The normalized spacial score (nSPS) is 15.8. The zero-order valence-electron chi connectivity index (χ0n) is 17.4. The Hall–Kier alpha value is -2.97. The van der Waals surface area contributed by atoms with E-state index in [0.29, 0.717) is 18.5 Å². The van der Waals surface area contributed by atoms with E-state index in [-0.39, 0.29) is 18.1 Å². The Morgan fingerprint density at radius 2 is 2.06 bits per heavy atom. The van der Waals surface area contributed by atoms with Gasteiger partial charge in [-0.3, -0.25) is 14.3 Å². The third-order valence-electron chi connectivity index (χ3n) is 5.98. The highest BCUT2D eigenvalue weighted by Gasteiger charge is 2.25. The van der Waals surface area contributed by atoms with Crippen molar-refractivity contribution >= 4 is 21.6 Å². The average Bonchev–Trinajstić information content (AvgIpc) is 3.19. The molecule has 0 fully saturated rings. The van der Waals surface area contributed by atoms with Crippen LogP contribution in [0.15, 0.2) is 53.7 Å². The maximum Gasteiger partial charge on any atom is 0.262 e. The van der Waals surface area contributed by atoms with E-state index >= 15 is 0 Å². The number of hydrogen-bond donors (Lipinski definition) is 1. The predicted octanol–water partition coefficient (Wildman–Crippen LogP) is 4.02. The predicted molar refractivity (Wildman–Crippen MR) is 121 cm³/mol. The molecule has 0 amide bonds. The topological polar surface area (TPSA) is 59.8 Å². The summed E-state index contributed by atoms with van der Waals surface area (Å²) in [5.41, 5.74) is 2.35. The lowest BCUT2D eigenvalue weighted by Gasteiger charge is -2.23.